The predicted octanol–water partition coefficient (Wildman–Crippen LogP) is 2.95. The molecule has 2 aromatic carbocycles. The van der Waals surface area contributed by atoms with Crippen LogP contribution in [0.2, 0.25) is 0 Å². The highest BCUT2D eigenvalue weighted by Gasteiger charge is 2.10. The molecule has 0 bridgehead atoms. The summed E-state index contributed by atoms with van der Waals surface area (Å²) in [6, 6.07) is 11.9. The Bertz CT molecular complexity index is 698. The fourth-order valence-corrected chi connectivity index (χ4v) is 1.59. The Balaban J connectivity index is 2.09. The minimum absolute atomic E-state index is 0.0150. The minimum atomic E-state index is -0.510. The van der Waals surface area contributed by atoms with Crippen molar-refractivity contribution in [1.82, 2.24) is 0 Å². The summed E-state index contributed by atoms with van der Waals surface area (Å²) in [7, 11) is 0. The number of rotatable bonds is 5. The maximum atomic E-state index is 10.8. The van der Waals surface area contributed by atoms with Gasteiger partial charge in [0.1, 0.15) is 5.69 Å². The van der Waals surface area contributed by atoms with Gasteiger partial charge < -0.3 is 0 Å². The quantitative estimate of drug-likeness (QED) is 0.516. The first-order valence-electron chi connectivity index (χ1n) is 5.85. The largest absolute Gasteiger partial charge is 0.294 e. The molecule has 0 heterocycles. The lowest BCUT2D eigenvalue weighted by Crippen LogP contribution is -1.96. The number of nitro groups is 2. The number of hydrogen-bond donors (Lipinski definition) is 1. The van der Waals surface area contributed by atoms with Crippen molar-refractivity contribution < 1.29 is 9.85 Å². The number of para-hydroxylation sites is 2. The first-order chi connectivity index (χ1) is 10.1. The first kappa shape index (κ1) is 14.1. The van der Waals surface area contributed by atoms with Gasteiger partial charge in [0.2, 0.25) is 0 Å². The van der Waals surface area contributed by atoms with E-state index in [1.54, 1.807) is 12.1 Å². The molecule has 106 valence electrons. The molecule has 0 amide bonds. The highest BCUT2D eigenvalue weighted by Crippen LogP contribution is 2.22. The van der Waals surface area contributed by atoms with Crippen LogP contribution in [0.25, 0.3) is 0 Å². The van der Waals surface area contributed by atoms with Crippen molar-refractivity contribution in [2.45, 2.75) is 0 Å². The lowest BCUT2D eigenvalue weighted by Gasteiger charge is -2.00. The van der Waals surface area contributed by atoms with Gasteiger partial charge in [-0.15, -0.1) is 0 Å². The van der Waals surface area contributed by atoms with Gasteiger partial charge in [0.15, 0.2) is 0 Å². The third kappa shape index (κ3) is 3.60. The first-order valence-corrected chi connectivity index (χ1v) is 5.85. The molecular weight excluding hydrogens is 276 g/mol. The Kier molecular flexibility index (Phi) is 4.20. The van der Waals surface area contributed by atoms with Crippen molar-refractivity contribution in [2.75, 3.05) is 5.43 Å². The summed E-state index contributed by atoms with van der Waals surface area (Å²) >= 11 is 0. The highest BCUT2D eigenvalue weighted by atomic mass is 16.6. The smallest absolute Gasteiger partial charge is 0.272 e. The molecule has 0 spiro atoms. The molecule has 0 aliphatic heterocycles. The zero-order chi connectivity index (χ0) is 15.2. The second-order valence-electron chi connectivity index (χ2n) is 3.99. The van der Waals surface area contributed by atoms with Crippen LogP contribution in [0.1, 0.15) is 5.56 Å². The number of benzene rings is 2. The lowest BCUT2D eigenvalue weighted by molar-refractivity contribution is -0.384. The van der Waals surface area contributed by atoms with Gasteiger partial charge >= 0.3 is 0 Å². The number of hydrazone groups is 1. The topological polar surface area (TPSA) is 111 Å². The van der Waals surface area contributed by atoms with E-state index in [1.165, 1.54) is 42.6 Å². The number of nitrogens with one attached hydrogen (secondary N) is 1. The van der Waals surface area contributed by atoms with Gasteiger partial charge in [-0.3, -0.25) is 25.7 Å². The molecule has 0 saturated carbocycles. The third-order valence-corrected chi connectivity index (χ3v) is 2.60. The SMILES string of the molecule is O=[N+]([O-])c1ccc(C=NNc2ccccc2[N+](=O)[O-])cc1. The minimum Gasteiger partial charge on any atom is -0.272 e. The van der Waals surface area contributed by atoms with Crippen molar-refractivity contribution in [3.05, 3.63) is 74.3 Å². The van der Waals surface area contributed by atoms with E-state index >= 15 is 0 Å². The summed E-state index contributed by atoms with van der Waals surface area (Å²) in [5.74, 6) is 0. The maximum Gasteiger partial charge on any atom is 0.294 e. The van der Waals surface area contributed by atoms with E-state index in [9.17, 15) is 20.2 Å². The summed E-state index contributed by atoms with van der Waals surface area (Å²) in [5.41, 5.74) is 3.37. The van der Waals surface area contributed by atoms with Crippen LogP contribution in [0.4, 0.5) is 17.1 Å². The molecule has 1 N–H and O–H groups in total. The average molecular weight is 286 g/mol. The maximum absolute atomic E-state index is 10.8. The molecule has 0 radical (unpaired) electrons. The number of anilines is 1. The summed E-state index contributed by atoms with van der Waals surface area (Å²) in [6.07, 6.45) is 1.42. The van der Waals surface area contributed by atoms with Gasteiger partial charge in [-0.1, -0.05) is 12.1 Å². The Morgan fingerprint density at radius 3 is 2.24 bits per heavy atom. The van der Waals surface area contributed by atoms with E-state index in [0.29, 0.717) is 5.56 Å². The van der Waals surface area contributed by atoms with E-state index in [1.807, 2.05) is 0 Å². The lowest BCUT2D eigenvalue weighted by atomic mass is 10.2. The van der Waals surface area contributed by atoms with Crippen LogP contribution in [0, 0.1) is 20.2 Å². The normalized spacial score (nSPS) is 10.5. The van der Waals surface area contributed by atoms with Crippen LogP contribution in [0.5, 0.6) is 0 Å². The van der Waals surface area contributed by atoms with Crippen LogP contribution < -0.4 is 5.43 Å². The highest BCUT2D eigenvalue weighted by molar-refractivity contribution is 5.81. The second-order valence-corrected chi connectivity index (χ2v) is 3.99. The zero-order valence-corrected chi connectivity index (χ0v) is 10.7. The average Bonchev–Trinajstić information content (AvgIpc) is 2.48. The Hall–Kier alpha value is -3.29. The molecule has 21 heavy (non-hydrogen) atoms. The fourth-order valence-electron chi connectivity index (χ4n) is 1.59. The van der Waals surface area contributed by atoms with Gasteiger partial charge in [0.05, 0.1) is 16.1 Å². The molecule has 0 fully saturated rings. The molecule has 0 aromatic heterocycles. The van der Waals surface area contributed by atoms with Crippen molar-refractivity contribution >= 4 is 23.3 Å². The standard InChI is InChI=1S/C13H10N4O4/c18-16(19)11-7-5-10(6-8-11)9-14-15-12-3-1-2-4-13(12)17(20)21/h1-9,15H. The van der Waals surface area contributed by atoms with Gasteiger partial charge in [-0.2, -0.15) is 5.10 Å². The molecule has 0 saturated heterocycles. The molecule has 0 atom stereocenters. The number of non-ortho nitro benzene ring substituents is 1. The van der Waals surface area contributed by atoms with Crippen LogP contribution >= 0.6 is 0 Å². The molecule has 0 unspecified atom stereocenters. The number of nitro benzene ring substituents is 2. The van der Waals surface area contributed by atoms with Gasteiger partial charge in [-0.05, 0) is 23.8 Å². The van der Waals surface area contributed by atoms with Gasteiger partial charge in [0.25, 0.3) is 11.4 Å². The fraction of sp³-hybridized carbons (Fsp3) is 0. The third-order valence-electron chi connectivity index (χ3n) is 2.60. The molecule has 8 heteroatoms. The van der Waals surface area contributed by atoms with E-state index in [2.05, 4.69) is 10.5 Å². The molecule has 8 nitrogen and oxygen atoms in total. The van der Waals surface area contributed by atoms with Crippen molar-refractivity contribution in [3.63, 3.8) is 0 Å². The predicted molar refractivity (Wildman–Crippen MR) is 77.4 cm³/mol. The Labute approximate surface area is 119 Å². The Morgan fingerprint density at radius 1 is 0.952 bits per heavy atom. The second kappa shape index (κ2) is 6.24. The summed E-state index contributed by atoms with van der Waals surface area (Å²) < 4.78 is 0. The summed E-state index contributed by atoms with van der Waals surface area (Å²) in [6.45, 7) is 0. The van der Waals surface area contributed by atoms with Crippen molar-refractivity contribution in [1.29, 1.82) is 0 Å². The Morgan fingerprint density at radius 2 is 1.62 bits per heavy atom. The summed E-state index contributed by atoms with van der Waals surface area (Å²) in [5, 5.41) is 25.2. The molecule has 0 aliphatic carbocycles. The number of nitrogens with zero attached hydrogens (tertiary/aromatic N) is 3. The monoisotopic (exact) mass is 286 g/mol. The van der Waals surface area contributed by atoms with Crippen LogP contribution in [0.15, 0.2) is 53.6 Å². The van der Waals surface area contributed by atoms with Crippen LogP contribution in [0.3, 0.4) is 0 Å². The van der Waals surface area contributed by atoms with Crippen molar-refractivity contribution in [2.24, 2.45) is 5.10 Å². The number of hydrogen-bond acceptors (Lipinski definition) is 6. The summed E-state index contributed by atoms with van der Waals surface area (Å²) in [4.78, 5) is 20.3. The molecular formula is C13H10N4O4. The van der Waals surface area contributed by atoms with Crippen LogP contribution in [-0.2, 0) is 0 Å². The van der Waals surface area contributed by atoms with E-state index in [-0.39, 0.29) is 17.1 Å². The van der Waals surface area contributed by atoms with Crippen molar-refractivity contribution in [3.8, 4) is 0 Å². The molecule has 2 aromatic rings. The zero-order valence-electron chi connectivity index (χ0n) is 10.7. The van der Waals surface area contributed by atoms with E-state index in [4.69, 9.17) is 0 Å². The molecule has 2 rings (SSSR count). The van der Waals surface area contributed by atoms with Gasteiger partial charge in [-0.25, -0.2) is 0 Å². The van der Waals surface area contributed by atoms with E-state index < -0.39 is 9.85 Å². The van der Waals surface area contributed by atoms with Crippen LogP contribution in [-0.4, -0.2) is 16.1 Å². The van der Waals surface area contributed by atoms with Gasteiger partial charge in [0, 0.05) is 18.2 Å². The molecule has 0 aliphatic rings. The van der Waals surface area contributed by atoms with E-state index in [0.717, 1.165) is 0 Å².